The number of aromatic nitrogens is 2. The van der Waals surface area contributed by atoms with Gasteiger partial charge in [0.15, 0.2) is 4.77 Å². The van der Waals surface area contributed by atoms with Crippen molar-refractivity contribution < 1.29 is 9.21 Å². The average molecular weight is 288 g/mol. The number of anilines is 1. The lowest BCUT2D eigenvalue weighted by Gasteiger charge is -2.26. The largest absolute Gasteiger partial charge is 0.469 e. The number of rotatable bonds is 1. The fraction of sp³-hybridized carbons (Fsp3) is 0.167. The van der Waals surface area contributed by atoms with Crippen LogP contribution in [0.2, 0.25) is 0 Å². The van der Waals surface area contributed by atoms with Crippen LogP contribution in [-0.2, 0) is 4.79 Å². The Hall–Kier alpha value is -2.66. The van der Waals surface area contributed by atoms with Crippen molar-refractivity contribution in [3.8, 4) is 6.07 Å². The van der Waals surface area contributed by atoms with Gasteiger partial charge in [0, 0.05) is 0 Å². The third-order valence-corrected chi connectivity index (χ3v) is 3.35. The molecule has 0 spiro atoms. The number of amides is 1. The highest BCUT2D eigenvalue weighted by Gasteiger charge is 2.41. The number of hydrogen-bond donors (Lipinski definition) is 3. The molecule has 3 rings (SSSR count). The van der Waals surface area contributed by atoms with E-state index in [1.54, 1.807) is 12.1 Å². The normalized spacial score (nSPS) is 20.9. The summed E-state index contributed by atoms with van der Waals surface area (Å²) in [4.78, 5) is 29.3. The van der Waals surface area contributed by atoms with E-state index in [1.807, 2.05) is 6.07 Å². The van der Waals surface area contributed by atoms with E-state index in [2.05, 4.69) is 15.3 Å². The molecule has 0 bridgehead atoms. The van der Waals surface area contributed by atoms with Gasteiger partial charge in [-0.25, -0.2) is 0 Å². The fourth-order valence-corrected chi connectivity index (χ4v) is 2.51. The van der Waals surface area contributed by atoms with Crippen molar-refractivity contribution in [3.05, 3.63) is 44.8 Å². The van der Waals surface area contributed by atoms with Crippen LogP contribution in [0.15, 0.2) is 27.6 Å². The van der Waals surface area contributed by atoms with Gasteiger partial charge in [-0.3, -0.25) is 14.6 Å². The molecule has 2 aromatic heterocycles. The van der Waals surface area contributed by atoms with Crippen LogP contribution in [0.4, 0.5) is 5.82 Å². The minimum Gasteiger partial charge on any atom is -0.469 e. The molecule has 20 heavy (non-hydrogen) atoms. The molecule has 3 N–H and O–H groups in total. The van der Waals surface area contributed by atoms with Gasteiger partial charge in [0.1, 0.15) is 17.5 Å². The standard InChI is InChI=1S/C12H8N4O3S/c13-4-5-7(6-2-1-3-19-6)8-9(14-10(5)17)15-12(20)16-11(8)18/h1-3,5,7H,(H3,14,15,16,17,18,20)/t5-,7-/m0/s1. The molecule has 1 amide bonds. The third-order valence-electron chi connectivity index (χ3n) is 3.14. The Kier molecular flexibility index (Phi) is 2.76. The second kappa shape index (κ2) is 4.47. The Labute approximate surface area is 117 Å². The zero-order valence-electron chi connectivity index (χ0n) is 9.97. The molecule has 0 saturated carbocycles. The summed E-state index contributed by atoms with van der Waals surface area (Å²) >= 11 is 4.87. The van der Waals surface area contributed by atoms with E-state index in [4.69, 9.17) is 16.6 Å². The Bertz CT molecular complexity index is 828. The van der Waals surface area contributed by atoms with Crippen LogP contribution in [0, 0.1) is 22.0 Å². The molecule has 0 fully saturated rings. The van der Waals surface area contributed by atoms with Gasteiger partial charge in [0.05, 0.1) is 23.8 Å². The molecular weight excluding hydrogens is 280 g/mol. The Morgan fingerprint density at radius 2 is 2.15 bits per heavy atom. The maximum Gasteiger partial charge on any atom is 0.257 e. The Balaban J connectivity index is 2.31. The summed E-state index contributed by atoms with van der Waals surface area (Å²) in [7, 11) is 0. The van der Waals surface area contributed by atoms with Crippen LogP contribution >= 0.6 is 12.2 Å². The Morgan fingerprint density at radius 3 is 2.80 bits per heavy atom. The van der Waals surface area contributed by atoms with Crippen molar-refractivity contribution in [1.82, 2.24) is 9.97 Å². The number of hydrogen-bond acceptors (Lipinski definition) is 5. The van der Waals surface area contributed by atoms with Gasteiger partial charge < -0.3 is 14.7 Å². The molecule has 100 valence electrons. The second-order valence-corrected chi connectivity index (χ2v) is 4.69. The highest BCUT2D eigenvalue weighted by Crippen LogP contribution is 2.37. The van der Waals surface area contributed by atoms with E-state index in [9.17, 15) is 14.9 Å². The monoisotopic (exact) mass is 288 g/mol. The predicted molar refractivity (Wildman–Crippen MR) is 70.5 cm³/mol. The molecule has 1 aliphatic rings. The maximum absolute atomic E-state index is 12.1. The van der Waals surface area contributed by atoms with Crippen LogP contribution < -0.4 is 10.9 Å². The third kappa shape index (κ3) is 1.76. The number of fused-ring (bicyclic) bond motifs is 1. The van der Waals surface area contributed by atoms with Crippen molar-refractivity contribution in [2.24, 2.45) is 5.92 Å². The van der Waals surface area contributed by atoms with Crippen molar-refractivity contribution in [2.75, 3.05) is 5.32 Å². The number of carbonyl (C=O) groups excluding carboxylic acids is 1. The predicted octanol–water partition coefficient (Wildman–Crippen LogP) is 1.25. The van der Waals surface area contributed by atoms with Gasteiger partial charge in [0.25, 0.3) is 5.56 Å². The van der Waals surface area contributed by atoms with E-state index in [-0.39, 0.29) is 16.2 Å². The van der Waals surface area contributed by atoms with Crippen molar-refractivity contribution in [2.45, 2.75) is 5.92 Å². The molecule has 8 heteroatoms. The number of nitrogens with one attached hydrogen (secondary N) is 3. The Morgan fingerprint density at radius 1 is 1.35 bits per heavy atom. The first-order valence-corrected chi connectivity index (χ1v) is 6.13. The molecule has 3 heterocycles. The smallest absolute Gasteiger partial charge is 0.257 e. The summed E-state index contributed by atoms with van der Waals surface area (Å²) in [6.45, 7) is 0. The number of aromatic amines is 2. The molecule has 0 aromatic carbocycles. The van der Waals surface area contributed by atoms with Crippen LogP contribution in [0.25, 0.3) is 0 Å². The summed E-state index contributed by atoms with van der Waals surface area (Å²) in [5.74, 6) is -1.73. The highest BCUT2D eigenvalue weighted by molar-refractivity contribution is 7.71. The van der Waals surface area contributed by atoms with Crippen LogP contribution in [-0.4, -0.2) is 15.9 Å². The quantitative estimate of drug-likeness (QED) is 0.683. The number of carbonyl (C=O) groups is 1. The fourth-order valence-electron chi connectivity index (χ4n) is 2.32. The van der Waals surface area contributed by atoms with Crippen LogP contribution in [0.1, 0.15) is 17.2 Å². The van der Waals surface area contributed by atoms with Gasteiger partial charge in [-0.2, -0.15) is 5.26 Å². The molecule has 2 aromatic rings. The summed E-state index contributed by atoms with van der Waals surface area (Å²) in [5, 5.41) is 11.7. The van der Waals surface area contributed by atoms with Crippen molar-refractivity contribution >= 4 is 23.9 Å². The van der Waals surface area contributed by atoms with Gasteiger partial charge >= 0.3 is 0 Å². The minimum absolute atomic E-state index is 0.0997. The maximum atomic E-state index is 12.1. The van der Waals surface area contributed by atoms with E-state index < -0.39 is 23.3 Å². The van der Waals surface area contributed by atoms with Gasteiger partial charge in [-0.05, 0) is 24.4 Å². The van der Waals surface area contributed by atoms with Crippen molar-refractivity contribution in [1.29, 1.82) is 5.26 Å². The van der Waals surface area contributed by atoms with E-state index in [0.29, 0.717) is 5.76 Å². The van der Waals surface area contributed by atoms with Crippen LogP contribution in [0.5, 0.6) is 0 Å². The molecule has 2 atom stereocenters. The molecule has 0 aliphatic carbocycles. The first kappa shape index (κ1) is 12.4. The number of furan rings is 1. The van der Waals surface area contributed by atoms with Gasteiger partial charge in [0.2, 0.25) is 5.91 Å². The van der Waals surface area contributed by atoms with E-state index in [1.165, 1.54) is 6.26 Å². The topological polar surface area (TPSA) is 115 Å². The molecule has 0 unspecified atom stereocenters. The lowest BCUT2D eigenvalue weighted by molar-refractivity contribution is -0.119. The molecule has 7 nitrogen and oxygen atoms in total. The number of H-pyrrole nitrogens is 2. The molecule has 0 saturated heterocycles. The van der Waals surface area contributed by atoms with Crippen LogP contribution in [0.3, 0.4) is 0 Å². The zero-order valence-corrected chi connectivity index (χ0v) is 10.8. The average Bonchev–Trinajstić information content (AvgIpc) is 2.90. The lowest BCUT2D eigenvalue weighted by atomic mass is 9.82. The first-order chi connectivity index (χ1) is 9.61. The SMILES string of the molecule is N#C[C@@H]1C(=O)Nc2[nH]c(=S)[nH]c(=O)c2[C@@H]1c1ccco1. The van der Waals surface area contributed by atoms with Gasteiger partial charge in [-0.1, -0.05) is 0 Å². The first-order valence-electron chi connectivity index (χ1n) is 5.72. The molecule has 1 aliphatic heterocycles. The van der Waals surface area contributed by atoms with E-state index in [0.717, 1.165) is 0 Å². The van der Waals surface area contributed by atoms with Gasteiger partial charge in [-0.15, -0.1) is 0 Å². The second-order valence-electron chi connectivity index (χ2n) is 4.29. The molecular formula is C12H8N4O3S. The van der Waals surface area contributed by atoms with E-state index >= 15 is 0 Å². The van der Waals surface area contributed by atoms with Crippen molar-refractivity contribution in [3.63, 3.8) is 0 Å². The molecule has 0 radical (unpaired) electrons. The number of nitrogens with zero attached hydrogens (tertiary/aromatic N) is 1. The zero-order chi connectivity index (χ0) is 14.3. The lowest BCUT2D eigenvalue weighted by Crippen LogP contribution is -2.38. The summed E-state index contributed by atoms with van der Waals surface area (Å²) in [5.41, 5.74) is -0.217. The minimum atomic E-state index is -1.04. The summed E-state index contributed by atoms with van der Waals surface area (Å²) < 4.78 is 5.37. The number of nitriles is 1. The summed E-state index contributed by atoms with van der Waals surface area (Å²) in [6, 6.07) is 5.17. The summed E-state index contributed by atoms with van der Waals surface area (Å²) in [6.07, 6.45) is 1.43. The highest BCUT2D eigenvalue weighted by atomic mass is 32.1.